The molecule has 2 rings (SSSR count). The van der Waals surface area contributed by atoms with E-state index < -0.39 is 54.7 Å². The van der Waals surface area contributed by atoms with Crippen LogP contribution < -0.4 is 10.6 Å². The molecule has 3 amide bonds. The molecular formula is C22H39N3O9. The van der Waals surface area contributed by atoms with Crippen molar-refractivity contribution < 1.29 is 44.3 Å². The second-order valence-electron chi connectivity index (χ2n) is 9.67. The van der Waals surface area contributed by atoms with Crippen molar-refractivity contribution in [3.8, 4) is 0 Å². The molecule has 0 aromatic heterocycles. The van der Waals surface area contributed by atoms with Crippen molar-refractivity contribution in [3.63, 3.8) is 0 Å². The van der Waals surface area contributed by atoms with E-state index in [-0.39, 0.29) is 49.8 Å². The number of nitrogens with zero attached hydrogens (tertiary/aromatic N) is 1. The third kappa shape index (κ3) is 7.59. The van der Waals surface area contributed by atoms with Gasteiger partial charge in [-0.05, 0) is 27.7 Å². The van der Waals surface area contributed by atoms with Crippen LogP contribution in [0.4, 0.5) is 0 Å². The predicted molar refractivity (Wildman–Crippen MR) is 119 cm³/mol. The minimum atomic E-state index is -1.33. The standard InChI is InChI=1S/C22H39N3O9/c1-10(2)23-17(27)6-13-19(29)21(31)15(33-13)8-25(12(5)26)9-16-22(32)20(30)14(34-16)7-18(28)24-11(3)4/h10-11,13-16,19-22,29-32H,6-9H2,1-5H3,(H,23,27)(H,24,28). The van der Waals surface area contributed by atoms with Crippen molar-refractivity contribution >= 4 is 17.7 Å². The van der Waals surface area contributed by atoms with Crippen molar-refractivity contribution in [1.29, 1.82) is 0 Å². The number of hydrogen-bond donors (Lipinski definition) is 6. The molecule has 2 saturated heterocycles. The Kier molecular flexibility index (Phi) is 10.2. The Morgan fingerprint density at radius 2 is 1.03 bits per heavy atom. The Balaban J connectivity index is 1.98. The van der Waals surface area contributed by atoms with Gasteiger partial charge in [0.1, 0.15) is 36.6 Å². The summed E-state index contributed by atoms with van der Waals surface area (Å²) >= 11 is 0. The molecule has 8 atom stereocenters. The summed E-state index contributed by atoms with van der Waals surface area (Å²) in [5, 5.41) is 46.8. The van der Waals surface area contributed by atoms with Crippen LogP contribution in [0.3, 0.4) is 0 Å². The molecule has 0 bridgehead atoms. The average molecular weight is 490 g/mol. The van der Waals surface area contributed by atoms with Gasteiger partial charge in [-0.25, -0.2) is 0 Å². The van der Waals surface area contributed by atoms with Crippen molar-refractivity contribution in [2.45, 2.75) is 108 Å². The van der Waals surface area contributed by atoms with Gasteiger partial charge in [0, 0.05) is 32.1 Å². The number of carbonyl (C=O) groups excluding carboxylic acids is 3. The van der Waals surface area contributed by atoms with Gasteiger partial charge in [0.2, 0.25) is 17.7 Å². The molecule has 2 aliphatic heterocycles. The number of ether oxygens (including phenoxy) is 2. The number of carbonyl (C=O) groups is 3. The lowest BCUT2D eigenvalue weighted by Gasteiger charge is -2.29. The Bertz CT molecular complexity index is 668. The molecule has 0 aromatic carbocycles. The summed E-state index contributed by atoms with van der Waals surface area (Å²) in [6, 6.07) is -0.179. The van der Waals surface area contributed by atoms with Crippen LogP contribution in [0.15, 0.2) is 0 Å². The monoisotopic (exact) mass is 489 g/mol. The maximum atomic E-state index is 12.3. The topological polar surface area (TPSA) is 178 Å². The molecule has 8 unspecified atom stereocenters. The van der Waals surface area contributed by atoms with E-state index >= 15 is 0 Å². The van der Waals surface area contributed by atoms with E-state index in [4.69, 9.17) is 9.47 Å². The largest absolute Gasteiger partial charge is 0.388 e. The van der Waals surface area contributed by atoms with Gasteiger partial charge in [0.05, 0.1) is 25.0 Å². The molecule has 34 heavy (non-hydrogen) atoms. The molecule has 12 nitrogen and oxygen atoms in total. The Hall–Kier alpha value is -1.83. The molecular weight excluding hydrogens is 450 g/mol. The van der Waals surface area contributed by atoms with Gasteiger partial charge in [-0.1, -0.05) is 0 Å². The van der Waals surface area contributed by atoms with Crippen LogP contribution in [0.1, 0.15) is 47.5 Å². The predicted octanol–water partition coefficient (Wildman–Crippen LogP) is -2.36. The van der Waals surface area contributed by atoms with E-state index in [0.717, 1.165) is 0 Å². The molecule has 12 heteroatoms. The van der Waals surface area contributed by atoms with Gasteiger partial charge in [-0.3, -0.25) is 14.4 Å². The third-order valence-electron chi connectivity index (χ3n) is 5.84. The second kappa shape index (κ2) is 12.2. The SMILES string of the molecule is CC(=O)N(CC1OC(CC(=O)NC(C)C)C(O)C1O)CC1OC(CC(=O)NC(C)C)C(O)C1O. The number of nitrogens with one attached hydrogen (secondary N) is 2. The second-order valence-corrected chi connectivity index (χ2v) is 9.67. The van der Waals surface area contributed by atoms with Gasteiger partial charge in [-0.15, -0.1) is 0 Å². The van der Waals surface area contributed by atoms with Gasteiger partial charge in [0.25, 0.3) is 0 Å². The van der Waals surface area contributed by atoms with Crippen LogP contribution in [0.5, 0.6) is 0 Å². The van der Waals surface area contributed by atoms with Crippen LogP contribution in [0.2, 0.25) is 0 Å². The fraction of sp³-hybridized carbons (Fsp3) is 0.864. The maximum absolute atomic E-state index is 12.3. The highest BCUT2D eigenvalue weighted by Gasteiger charge is 2.47. The smallest absolute Gasteiger partial charge is 0.222 e. The lowest BCUT2D eigenvalue weighted by Crippen LogP contribution is -2.47. The average Bonchev–Trinajstić information content (AvgIpc) is 3.11. The number of hydrogen-bond acceptors (Lipinski definition) is 9. The van der Waals surface area contributed by atoms with Crippen LogP contribution in [0, 0.1) is 0 Å². The molecule has 196 valence electrons. The number of aliphatic hydroxyl groups is 4. The Morgan fingerprint density at radius 3 is 1.32 bits per heavy atom. The zero-order valence-electron chi connectivity index (χ0n) is 20.4. The molecule has 0 aromatic rings. The fourth-order valence-corrected chi connectivity index (χ4v) is 4.18. The third-order valence-corrected chi connectivity index (χ3v) is 5.84. The molecule has 0 saturated carbocycles. The first-order chi connectivity index (χ1) is 15.8. The summed E-state index contributed by atoms with van der Waals surface area (Å²) in [4.78, 5) is 37.6. The van der Waals surface area contributed by atoms with Crippen LogP contribution in [-0.4, -0.2) is 117 Å². The molecule has 0 radical (unpaired) electrons. The highest BCUT2D eigenvalue weighted by Crippen LogP contribution is 2.27. The molecule has 2 fully saturated rings. The van der Waals surface area contributed by atoms with Gasteiger partial charge in [0.15, 0.2) is 0 Å². The molecule has 6 N–H and O–H groups in total. The van der Waals surface area contributed by atoms with Crippen molar-refractivity contribution in [1.82, 2.24) is 15.5 Å². The number of amides is 3. The minimum absolute atomic E-state index is 0.0894. The van der Waals surface area contributed by atoms with Crippen molar-refractivity contribution in [2.75, 3.05) is 13.1 Å². The Labute approximate surface area is 199 Å². The van der Waals surface area contributed by atoms with Crippen LogP contribution in [-0.2, 0) is 23.9 Å². The van der Waals surface area contributed by atoms with Crippen LogP contribution >= 0.6 is 0 Å². The summed E-state index contributed by atoms with van der Waals surface area (Å²) in [5.41, 5.74) is 0. The first-order valence-electron chi connectivity index (χ1n) is 11.7. The summed E-state index contributed by atoms with van der Waals surface area (Å²) < 4.78 is 11.4. The highest BCUT2D eigenvalue weighted by molar-refractivity contribution is 5.77. The number of aliphatic hydroxyl groups excluding tert-OH is 4. The number of rotatable bonds is 10. The first kappa shape index (κ1) is 28.4. The van der Waals surface area contributed by atoms with E-state index in [2.05, 4.69) is 10.6 Å². The normalized spacial score (nSPS) is 33.4. The highest BCUT2D eigenvalue weighted by atomic mass is 16.6. The maximum Gasteiger partial charge on any atom is 0.222 e. The van der Waals surface area contributed by atoms with E-state index in [0.29, 0.717) is 0 Å². The summed E-state index contributed by atoms with van der Waals surface area (Å²) in [6.45, 7) is 8.21. The summed E-state index contributed by atoms with van der Waals surface area (Å²) in [5.74, 6) is -1.07. The van der Waals surface area contributed by atoms with E-state index in [1.165, 1.54) is 11.8 Å². The van der Waals surface area contributed by atoms with Gasteiger partial charge >= 0.3 is 0 Å². The fourth-order valence-electron chi connectivity index (χ4n) is 4.18. The van der Waals surface area contributed by atoms with Crippen molar-refractivity contribution in [3.05, 3.63) is 0 Å². The lowest BCUT2D eigenvalue weighted by molar-refractivity contribution is -0.136. The van der Waals surface area contributed by atoms with Gasteiger partial charge < -0.3 is 45.4 Å². The van der Waals surface area contributed by atoms with E-state index in [1.807, 2.05) is 0 Å². The first-order valence-corrected chi connectivity index (χ1v) is 11.7. The Morgan fingerprint density at radius 1 is 0.706 bits per heavy atom. The van der Waals surface area contributed by atoms with Crippen molar-refractivity contribution in [2.24, 2.45) is 0 Å². The summed E-state index contributed by atoms with van der Waals surface area (Å²) in [7, 11) is 0. The minimum Gasteiger partial charge on any atom is -0.388 e. The molecule has 2 heterocycles. The van der Waals surface area contributed by atoms with E-state index in [9.17, 15) is 34.8 Å². The lowest BCUT2D eigenvalue weighted by atomic mass is 10.0. The van der Waals surface area contributed by atoms with Gasteiger partial charge in [-0.2, -0.15) is 0 Å². The zero-order chi connectivity index (χ0) is 25.7. The molecule has 2 aliphatic rings. The summed E-state index contributed by atoms with van der Waals surface area (Å²) in [6.07, 6.45) is -9.38. The molecule has 0 spiro atoms. The quantitative estimate of drug-likeness (QED) is 0.196. The van der Waals surface area contributed by atoms with Crippen LogP contribution in [0.25, 0.3) is 0 Å². The molecule has 0 aliphatic carbocycles. The zero-order valence-corrected chi connectivity index (χ0v) is 20.4. The van der Waals surface area contributed by atoms with E-state index in [1.54, 1.807) is 27.7 Å².